The minimum Gasteiger partial charge on any atom is -0.497 e. The van der Waals surface area contributed by atoms with Crippen LogP contribution in [-0.2, 0) is 4.79 Å². The minimum absolute atomic E-state index is 0.178. The van der Waals surface area contributed by atoms with Crippen molar-refractivity contribution < 1.29 is 9.53 Å². The molecule has 4 rings (SSSR count). The van der Waals surface area contributed by atoms with E-state index >= 15 is 0 Å². The van der Waals surface area contributed by atoms with Gasteiger partial charge in [0, 0.05) is 13.1 Å². The van der Waals surface area contributed by atoms with Crippen LogP contribution >= 0.6 is 0 Å². The molecule has 0 aromatic heterocycles. The van der Waals surface area contributed by atoms with Gasteiger partial charge in [-0.2, -0.15) is 0 Å². The van der Waals surface area contributed by atoms with Crippen molar-refractivity contribution in [3.8, 4) is 5.75 Å². The van der Waals surface area contributed by atoms with E-state index in [2.05, 4.69) is 33.7 Å². The van der Waals surface area contributed by atoms with Gasteiger partial charge in [0.1, 0.15) is 5.75 Å². The Morgan fingerprint density at radius 3 is 3.00 bits per heavy atom. The summed E-state index contributed by atoms with van der Waals surface area (Å²) >= 11 is 0. The van der Waals surface area contributed by atoms with E-state index in [1.807, 2.05) is 6.07 Å². The summed E-state index contributed by atoms with van der Waals surface area (Å²) in [6, 6.07) is 8.54. The maximum absolute atomic E-state index is 13.3. The number of benzene rings is 1. The van der Waals surface area contributed by atoms with E-state index < -0.39 is 0 Å². The number of likely N-dealkylation sites (tertiary alicyclic amines) is 1. The number of ether oxygens (including phenoxy) is 1. The van der Waals surface area contributed by atoms with Crippen molar-refractivity contribution in [1.29, 1.82) is 0 Å². The first kappa shape index (κ1) is 18.8. The van der Waals surface area contributed by atoms with Gasteiger partial charge in [-0.25, -0.2) is 0 Å². The first-order valence-corrected chi connectivity index (χ1v) is 10.6. The molecule has 0 spiro atoms. The Hall–Kier alpha value is -1.59. The quantitative estimate of drug-likeness (QED) is 0.807. The normalized spacial score (nSPS) is 29.3. The number of rotatable bonds is 6. The van der Waals surface area contributed by atoms with Crippen LogP contribution in [0.2, 0.25) is 0 Å². The van der Waals surface area contributed by atoms with Crippen molar-refractivity contribution in [3.63, 3.8) is 0 Å². The molecule has 3 aliphatic rings. The second kappa shape index (κ2) is 8.19. The standard InChI is InChI=1S/C22H33N3O2/c1-27-19-9-6-7-17(13-19)20(25-11-4-5-12-25)15-24-21(26)22-10-3-2-8-18(22)14-23-16-22/h6-7,9,13,18,20,23H,2-5,8,10-12,14-16H2,1H3,(H,24,26)/t18-,20?,22+/m0/s1. The molecule has 2 aliphatic heterocycles. The smallest absolute Gasteiger partial charge is 0.227 e. The predicted octanol–water partition coefficient (Wildman–Crippen LogP) is 2.73. The first-order chi connectivity index (χ1) is 13.2. The molecule has 2 saturated heterocycles. The van der Waals surface area contributed by atoms with Crippen molar-refractivity contribution in [2.75, 3.05) is 39.8 Å². The molecule has 0 radical (unpaired) electrons. The maximum atomic E-state index is 13.3. The lowest BCUT2D eigenvalue weighted by atomic mass is 9.67. The van der Waals surface area contributed by atoms with Gasteiger partial charge < -0.3 is 15.4 Å². The molecule has 27 heavy (non-hydrogen) atoms. The van der Waals surface area contributed by atoms with E-state index in [0.29, 0.717) is 12.5 Å². The molecule has 2 heterocycles. The summed E-state index contributed by atoms with van der Waals surface area (Å²) in [4.78, 5) is 15.8. The van der Waals surface area contributed by atoms with Crippen molar-refractivity contribution in [1.82, 2.24) is 15.5 Å². The van der Waals surface area contributed by atoms with Gasteiger partial charge in [-0.3, -0.25) is 9.69 Å². The molecule has 3 atom stereocenters. The third-order valence-electron chi connectivity index (χ3n) is 7.01. The minimum atomic E-state index is -0.178. The Morgan fingerprint density at radius 2 is 2.19 bits per heavy atom. The van der Waals surface area contributed by atoms with Crippen LogP contribution in [0.3, 0.4) is 0 Å². The zero-order valence-electron chi connectivity index (χ0n) is 16.5. The van der Waals surface area contributed by atoms with Gasteiger partial charge in [0.25, 0.3) is 0 Å². The topological polar surface area (TPSA) is 53.6 Å². The van der Waals surface area contributed by atoms with Crippen molar-refractivity contribution in [2.45, 2.75) is 44.6 Å². The number of nitrogens with one attached hydrogen (secondary N) is 2. The highest BCUT2D eigenvalue weighted by Gasteiger charge is 2.49. The van der Waals surface area contributed by atoms with Gasteiger partial charge in [-0.05, 0) is 68.9 Å². The molecule has 1 unspecified atom stereocenters. The van der Waals surface area contributed by atoms with Crippen LogP contribution in [0, 0.1) is 11.3 Å². The lowest BCUT2D eigenvalue weighted by Crippen LogP contribution is -2.49. The van der Waals surface area contributed by atoms with Crippen LogP contribution in [0.4, 0.5) is 0 Å². The highest BCUT2D eigenvalue weighted by atomic mass is 16.5. The van der Waals surface area contributed by atoms with Crippen LogP contribution in [0.25, 0.3) is 0 Å². The summed E-state index contributed by atoms with van der Waals surface area (Å²) in [5.74, 6) is 1.66. The number of hydrogen-bond acceptors (Lipinski definition) is 4. The van der Waals surface area contributed by atoms with Gasteiger partial charge in [0.05, 0.1) is 18.6 Å². The Kier molecular flexibility index (Phi) is 5.69. The van der Waals surface area contributed by atoms with E-state index in [9.17, 15) is 4.79 Å². The largest absolute Gasteiger partial charge is 0.497 e. The Labute approximate surface area is 162 Å². The molecule has 3 fully saturated rings. The van der Waals surface area contributed by atoms with Crippen molar-refractivity contribution in [2.24, 2.45) is 11.3 Å². The van der Waals surface area contributed by atoms with Crippen LogP contribution < -0.4 is 15.4 Å². The van der Waals surface area contributed by atoms with Crippen LogP contribution in [0.15, 0.2) is 24.3 Å². The van der Waals surface area contributed by atoms with Gasteiger partial charge in [-0.1, -0.05) is 25.0 Å². The molecule has 2 N–H and O–H groups in total. The fourth-order valence-electron chi connectivity index (χ4n) is 5.42. The number of methoxy groups -OCH3 is 1. The fraction of sp³-hybridized carbons (Fsp3) is 0.682. The van der Waals surface area contributed by atoms with Crippen molar-refractivity contribution >= 4 is 5.91 Å². The summed E-state index contributed by atoms with van der Waals surface area (Å²) in [5, 5.41) is 6.85. The third-order valence-corrected chi connectivity index (χ3v) is 7.01. The summed E-state index contributed by atoms with van der Waals surface area (Å²) in [5.41, 5.74) is 1.06. The zero-order chi connectivity index (χ0) is 18.7. The predicted molar refractivity (Wildman–Crippen MR) is 107 cm³/mol. The Bertz CT molecular complexity index is 659. The van der Waals surface area contributed by atoms with Crippen LogP contribution in [0.5, 0.6) is 5.75 Å². The van der Waals surface area contributed by atoms with E-state index in [1.165, 1.54) is 37.7 Å². The lowest BCUT2D eigenvalue weighted by molar-refractivity contribution is -0.134. The van der Waals surface area contributed by atoms with Gasteiger partial charge in [0.2, 0.25) is 5.91 Å². The van der Waals surface area contributed by atoms with E-state index in [0.717, 1.165) is 38.3 Å². The number of hydrogen-bond donors (Lipinski definition) is 2. The number of carbonyl (C=O) groups is 1. The van der Waals surface area contributed by atoms with Crippen molar-refractivity contribution in [3.05, 3.63) is 29.8 Å². The highest BCUT2D eigenvalue weighted by molar-refractivity contribution is 5.84. The molecular weight excluding hydrogens is 338 g/mol. The molecular formula is C22H33N3O2. The fourth-order valence-corrected chi connectivity index (χ4v) is 5.42. The Morgan fingerprint density at radius 1 is 1.33 bits per heavy atom. The van der Waals surface area contributed by atoms with Gasteiger partial charge in [-0.15, -0.1) is 0 Å². The van der Waals surface area contributed by atoms with Gasteiger partial charge >= 0.3 is 0 Å². The van der Waals surface area contributed by atoms with E-state index in [1.54, 1.807) is 7.11 Å². The van der Waals surface area contributed by atoms with E-state index in [4.69, 9.17) is 4.74 Å². The molecule has 1 amide bonds. The van der Waals surface area contributed by atoms with Crippen LogP contribution in [0.1, 0.15) is 50.1 Å². The van der Waals surface area contributed by atoms with Gasteiger partial charge in [0.15, 0.2) is 0 Å². The molecule has 5 nitrogen and oxygen atoms in total. The lowest BCUT2D eigenvalue weighted by Gasteiger charge is -2.38. The number of carbonyl (C=O) groups excluding carboxylic acids is 1. The third kappa shape index (κ3) is 3.72. The van der Waals surface area contributed by atoms with Crippen LogP contribution in [-0.4, -0.2) is 50.6 Å². The average Bonchev–Trinajstić information content (AvgIpc) is 3.38. The molecule has 0 bridgehead atoms. The summed E-state index contributed by atoms with van der Waals surface area (Å²) in [6.45, 7) is 4.73. The average molecular weight is 372 g/mol. The monoisotopic (exact) mass is 371 g/mol. The zero-order valence-corrected chi connectivity index (χ0v) is 16.5. The molecule has 1 saturated carbocycles. The highest BCUT2D eigenvalue weighted by Crippen LogP contribution is 2.44. The second-order valence-corrected chi connectivity index (χ2v) is 8.48. The maximum Gasteiger partial charge on any atom is 0.227 e. The first-order valence-electron chi connectivity index (χ1n) is 10.6. The number of amides is 1. The summed E-state index contributed by atoms with van der Waals surface area (Å²) in [7, 11) is 1.71. The molecule has 1 aromatic rings. The Balaban J connectivity index is 1.49. The molecule has 1 aliphatic carbocycles. The second-order valence-electron chi connectivity index (χ2n) is 8.48. The molecule has 5 heteroatoms. The molecule has 1 aromatic carbocycles. The SMILES string of the molecule is COc1cccc(C(CNC(=O)[C@@]23CCCC[C@H]2CNC3)N2CCCC2)c1. The number of nitrogens with zero attached hydrogens (tertiary/aromatic N) is 1. The van der Waals surface area contributed by atoms with E-state index in [-0.39, 0.29) is 17.4 Å². The summed E-state index contributed by atoms with van der Waals surface area (Å²) < 4.78 is 5.43. The summed E-state index contributed by atoms with van der Waals surface area (Å²) in [6.07, 6.45) is 7.14. The number of fused-ring (bicyclic) bond motifs is 1. The molecule has 148 valence electrons.